The van der Waals surface area contributed by atoms with Gasteiger partial charge in [-0.2, -0.15) is 0 Å². The first-order valence-electron chi connectivity index (χ1n) is 15.1. The van der Waals surface area contributed by atoms with Gasteiger partial charge in [0.05, 0.1) is 34.2 Å². The van der Waals surface area contributed by atoms with Crippen LogP contribution in [0.2, 0.25) is 0 Å². The molecule has 0 radical (unpaired) electrons. The third kappa shape index (κ3) is 11.7. The van der Waals surface area contributed by atoms with Gasteiger partial charge in [-0.05, 0) is 48.2 Å². The molecule has 1 heterocycles. The van der Waals surface area contributed by atoms with E-state index in [9.17, 15) is 22.8 Å². The zero-order chi connectivity index (χ0) is 35.4. The monoisotopic (exact) mass is 706 g/mol. The molecule has 0 aliphatic carbocycles. The molecule has 3 aromatic carbocycles. The summed E-state index contributed by atoms with van der Waals surface area (Å²) in [6, 6.07) is 20.3. The lowest BCUT2D eigenvalue weighted by molar-refractivity contribution is -0.127. The zero-order valence-corrected chi connectivity index (χ0v) is 28.0. The molecule has 2 amide bonds. The van der Waals surface area contributed by atoms with Crippen LogP contribution in [0.25, 0.3) is 10.2 Å². The average molecular weight is 707 g/mol. The molecule has 0 saturated carbocycles. The maximum Gasteiger partial charge on any atom is 0.240 e. The molecule has 1 aromatic heterocycles. The minimum absolute atomic E-state index is 0.0484. The predicted molar refractivity (Wildman–Crippen MR) is 190 cm³/mol. The molecule has 0 bridgehead atoms. The van der Waals surface area contributed by atoms with Gasteiger partial charge in [-0.1, -0.05) is 54.6 Å². The molecule has 4 rings (SSSR count). The Hall–Kier alpha value is -5.39. The van der Waals surface area contributed by atoms with Crippen LogP contribution in [0.5, 0.6) is 0 Å². The fourth-order valence-corrected chi connectivity index (χ4v) is 7.10. The van der Waals surface area contributed by atoms with Crippen LogP contribution in [0.15, 0.2) is 88.8 Å². The first-order chi connectivity index (χ1) is 23.4. The first kappa shape index (κ1) is 36.4. The van der Waals surface area contributed by atoms with Crippen molar-refractivity contribution in [2.75, 3.05) is 13.1 Å². The van der Waals surface area contributed by atoms with E-state index in [1.165, 1.54) is 11.3 Å². The molecule has 0 aliphatic heterocycles. The minimum atomic E-state index is -3.96. The molecule has 17 heteroatoms. The molecule has 258 valence electrons. The van der Waals surface area contributed by atoms with E-state index in [0.717, 1.165) is 4.70 Å². The Morgan fingerprint density at radius 1 is 0.837 bits per heavy atom. The van der Waals surface area contributed by atoms with Crippen molar-refractivity contribution < 1.29 is 22.8 Å². The maximum absolute atomic E-state index is 13.7. The molecular formula is C32H38N10O5S2. The molecule has 0 aliphatic rings. The van der Waals surface area contributed by atoms with Crippen LogP contribution in [0, 0.1) is 0 Å². The number of sulfonamides is 1. The Morgan fingerprint density at radius 2 is 1.53 bits per heavy atom. The first-order valence-corrected chi connectivity index (χ1v) is 17.6. The van der Waals surface area contributed by atoms with E-state index in [4.69, 9.17) is 22.9 Å². The number of nitrogens with two attached hydrogens (primary N) is 4. The van der Waals surface area contributed by atoms with Gasteiger partial charge in [-0.3, -0.25) is 19.4 Å². The zero-order valence-electron chi connectivity index (χ0n) is 26.4. The summed E-state index contributed by atoms with van der Waals surface area (Å²) >= 11 is 1.20. The van der Waals surface area contributed by atoms with Crippen LogP contribution in [0.4, 0.5) is 5.69 Å². The van der Waals surface area contributed by atoms with Gasteiger partial charge in [0.1, 0.15) is 6.04 Å². The molecule has 49 heavy (non-hydrogen) atoms. The third-order valence-electron chi connectivity index (χ3n) is 7.00. The minimum Gasteiger partial charge on any atom is -0.370 e. The summed E-state index contributed by atoms with van der Waals surface area (Å²) in [6.45, 7) is -0.369. The molecule has 0 spiro atoms. The number of para-hydroxylation sites is 1. The van der Waals surface area contributed by atoms with Gasteiger partial charge in [0.15, 0.2) is 16.9 Å². The van der Waals surface area contributed by atoms with Crippen LogP contribution < -0.4 is 38.3 Å². The Bertz CT molecular complexity index is 1890. The van der Waals surface area contributed by atoms with Crippen molar-refractivity contribution in [3.63, 3.8) is 0 Å². The summed E-state index contributed by atoms with van der Waals surface area (Å²) in [5.41, 5.74) is 24.1. The van der Waals surface area contributed by atoms with E-state index in [2.05, 4.69) is 30.3 Å². The van der Waals surface area contributed by atoms with E-state index in [1.54, 1.807) is 60.7 Å². The van der Waals surface area contributed by atoms with Crippen molar-refractivity contribution in [1.82, 2.24) is 20.3 Å². The highest BCUT2D eigenvalue weighted by Crippen LogP contribution is 2.23. The molecular weight excluding hydrogens is 669 g/mol. The fraction of sp³-hybridized carbons (Fsp3) is 0.250. The van der Waals surface area contributed by atoms with Gasteiger partial charge < -0.3 is 33.6 Å². The Morgan fingerprint density at radius 3 is 2.20 bits per heavy atom. The van der Waals surface area contributed by atoms with Gasteiger partial charge in [-0.15, -0.1) is 11.3 Å². The van der Waals surface area contributed by atoms with Crippen LogP contribution in [-0.2, 0) is 31.8 Å². The number of aromatic nitrogens is 1. The second-order valence-electron chi connectivity index (χ2n) is 11.0. The van der Waals surface area contributed by atoms with Crippen LogP contribution in [0.1, 0.15) is 33.8 Å². The lowest BCUT2D eigenvalue weighted by atomic mass is 10.0. The van der Waals surface area contributed by atoms with E-state index in [0.29, 0.717) is 22.3 Å². The van der Waals surface area contributed by atoms with Gasteiger partial charge in [0.25, 0.3) is 0 Å². The summed E-state index contributed by atoms with van der Waals surface area (Å²) in [6.07, 6.45) is 0.423. The second-order valence-corrected chi connectivity index (χ2v) is 13.7. The third-order valence-corrected chi connectivity index (χ3v) is 9.40. The topological polar surface area (TPSA) is 263 Å². The summed E-state index contributed by atoms with van der Waals surface area (Å²) in [7, 11) is -3.96. The predicted octanol–water partition coefficient (Wildman–Crippen LogP) is 0.769. The van der Waals surface area contributed by atoms with Crippen molar-refractivity contribution in [2.24, 2.45) is 32.9 Å². The highest BCUT2D eigenvalue weighted by Gasteiger charge is 2.28. The summed E-state index contributed by atoms with van der Waals surface area (Å²) in [4.78, 5) is 52.4. The number of nitrogens with one attached hydrogen (secondary N) is 3. The van der Waals surface area contributed by atoms with E-state index in [-0.39, 0.29) is 48.5 Å². The van der Waals surface area contributed by atoms with Gasteiger partial charge >= 0.3 is 0 Å². The number of Topliss-reactive ketones (excluding diaryl/α,β-unsaturated/α-hetero) is 1. The summed E-state index contributed by atoms with van der Waals surface area (Å²) < 4.78 is 29.2. The van der Waals surface area contributed by atoms with Crippen molar-refractivity contribution >= 4 is 66.8 Å². The van der Waals surface area contributed by atoms with Crippen LogP contribution >= 0.6 is 11.3 Å². The molecule has 0 saturated heterocycles. The molecule has 11 N–H and O–H groups in total. The molecule has 2 atom stereocenters. The Labute approximate surface area is 287 Å². The van der Waals surface area contributed by atoms with E-state index in [1.807, 2.05) is 18.2 Å². The number of carbonyl (C=O) groups excluding carboxylic acids is 3. The van der Waals surface area contributed by atoms with E-state index < -0.39 is 46.2 Å². The number of rotatable bonds is 17. The molecule has 0 fully saturated rings. The van der Waals surface area contributed by atoms with Crippen molar-refractivity contribution in [1.29, 1.82) is 0 Å². The molecule has 4 aromatic rings. The number of ketones is 1. The highest BCUT2D eigenvalue weighted by atomic mass is 32.2. The van der Waals surface area contributed by atoms with Crippen molar-refractivity contribution in [2.45, 2.75) is 37.1 Å². The molecule has 15 nitrogen and oxygen atoms in total. The number of thiazole rings is 1. The highest BCUT2D eigenvalue weighted by molar-refractivity contribution is 7.88. The number of nitrogens with zero attached hydrogens (tertiary/aromatic N) is 3. The number of benzene rings is 3. The number of carbonyl (C=O) groups is 3. The number of guanidine groups is 2. The Balaban J connectivity index is 1.46. The SMILES string of the molecule is NC(N)=NCCC[C@@H](NS(=O)(=O)Cc1ccccc1)C(=O)NCC(=O)N[C@@H](Cc1ccc(N=C(N)N)cc1)C(=O)c1nc2ccccc2s1. The maximum atomic E-state index is 13.7. The lowest BCUT2D eigenvalue weighted by Gasteiger charge is -2.20. The quantitative estimate of drug-likeness (QED) is 0.0351. The normalized spacial score (nSPS) is 12.4. The number of hydrogen-bond acceptors (Lipinski definition) is 9. The van der Waals surface area contributed by atoms with Crippen molar-refractivity contribution in [3.05, 3.63) is 95.0 Å². The Kier molecular flexibility index (Phi) is 12.7. The number of aliphatic imine (C=N–C) groups is 2. The fourth-order valence-electron chi connectivity index (χ4n) is 4.76. The second kappa shape index (κ2) is 17.1. The van der Waals surface area contributed by atoms with Gasteiger partial charge in [0.2, 0.25) is 27.6 Å². The van der Waals surface area contributed by atoms with E-state index >= 15 is 0 Å². The summed E-state index contributed by atoms with van der Waals surface area (Å²) in [5, 5.41) is 5.40. The number of amides is 2. The lowest BCUT2D eigenvalue weighted by Crippen LogP contribution is -2.51. The summed E-state index contributed by atoms with van der Waals surface area (Å²) in [5.74, 6) is -2.42. The smallest absolute Gasteiger partial charge is 0.240 e. The molecule has 0 unspecified atom stereocenters. The largest absolute Gasteiger partial charge is 0.370 e. The van der Waals surface area contributed by atoms with Crippen LogP contribution in [-0.4, -0.2) is 68.1 Å². The van der Waals surface area contributed by atoms with Gasteiger partial charge in [0, 0.05) is 13.0 Å². The van der Waals surface area contributed by atoms with Crippen LogP contribution in [0.3, 0.4) is 0 Å². The van der Waals surface area contributed by atoms with Gasteiger partial charge in [-0.25, -0.2) is 23.1 Å². The van der Waals surface area contributed by atoms with Crippen molar-refractivity contribution in [3.8, 4) is 0 Å². The number of hydrogen-bond donors (Lipinski definition) is 7. The number of fused-ring (bicyclic) bond motifs is 1. The average Bonchev–Trinajstić information content (AvgIpc) is 3.49. The standard InChI is InChI=1S/C32H38N10O5S2/c33-31(34)37-16-6-10-24(42-49(46,47)19-21-7-2-1-3-8-21)29(45)38-18-27(43)40-25(17-20-12-14-22(15-13-20)39-32(35)36)28(44)30-41-23-9-4-5-11-26(23)48-30/h1-5,7-9,11-15,24-25,42H,6,10,16-19H2,(H,38,45)(H,40,43)(H4,33,34,37)(H4,35,36,39)/t24-,25+/m1/s1.